The highest BCUT2D eigenvalue weighted by Crippen LogP contribution is 2.20. The summed E-state index contributed by atoms with van der Waals surface area (Å²) in [5.41, 5.74) is 1.58. The van der Waals surface area contributed by atoms with Gasteiger partial charge in [0.15, 0.2) is 0 Å². The van der Waals surface area contributed by atoms with Crippen LogP contribution in [0.3, 0.4) is 0 Å². The Morgan fingerprint density at radius 3 is 2.60 bits per heavy atom. The number of hydrogen-bond donors (Lipinski definition) is 2. The largest absolute Gasteiger partial charge is 0.391 e. The van der Waals surface area contributed by atoms with E-state index in [1.807, 2.05) is 26.0 Å². The normalized spacial score (nSPS) is 20.4. The molecular weight excluding hydrogens is 316 g/mol. The van der Waals surface area contributed by atoms with Crippen LogP contribution in [0.25, 0.3) is 6.08 Å². The van der Waals surface area contributed by atoms with E-state index < -0.39 is 6.10 Å². The Labute approximate surface area is 149 Å². The summed E-state index contributed by atoms with van der Waals surface area (Å²) in [6.07, 6.45) is 2.29. The fourth-order valence-electron chi connectivity index (χ4n) is 3.04. The molecule has 2 rings (SSSR count). The molecule has 0 aliphatic carbocycles. The van der Waals surface area contributed by atoms with Gasteiger partial charge in [0.2, 0.25) is 5.91 Å². The summed E-state index contributed by atoms with van der Waals surface area (Å²) >= 11 is 0. The lowest BCUT2D eigenvalue weighted by molar-refractivity contribution is -0.122. The minimum atomic E-state index is -0.621. The highest BCUT2D eigenvalue weighted by atomic mass is 16.3. The molecule has 1 aliphatic rings. The molecule has 0 unspecified atom stereocenters. The second-order valence-electron chi connectivity index (χ2n) is 7.10. The van der Waals surface area contributed by atoms with Crippen LogP contribution in [0, 0.1) is 11.8 Å². The number of nitrogens with zero attached hydrogens (tertiary/aromatic N) is 1. The van der Waals surface area contributed by atoms with Gasteiger partial charge < -0.3 is 15.3 Å². The van der Waals surface area contributed by atoms with E-state index in [1.54, 1.807) is 23.1 Å². The second kappa shape index (κ2) is 8.81. The molecule has 0 radical (unpaired) electrons. The van der Waals surface area contributed by atoms with E-state index in [2.05, 4.69) is 11.9 Å². The first-order valence-corrected chi connectivity index (χ1v) is 8.87. The summed E-state index contributed by atoms with van der Waals surface area (Å²) < 4.78 is 0. The molecular formula is C20H28N2O3. The van der Waals surface area contributed by atoms with Gasteiger partial charge in [-0.15, -0.1) is 0 Å². The Morgan fingerprint density at radius 2 is 2.04 bits per heavy atom. The zero-order valence-corrected chi connectivity index (χ0v) is 15.1. The van der Waals surface area contributed by atoms with Crippen LogP contribution in [-0.2, 0) is 4.79 Å². The van der Waals surface area contributed by atoms with Crippen LogP contribution in [0.5, 0.6) is 0 Å². The number of likely N-dealkylation sites (tertiary alicyclic amines) is 1. The maximum atomic E-state index is 12.6. The molecule has 0 spiro atoms. The first-order chi connectivity index (χ1) is 11.9. The number of piperidine rings is 1. The van der Waals surface area contributed by atoms with Crippen molar-refractivity contribution in [2.75, 3.05) is 19.6 Å². The fourth-order valence-corrected chi connectivity index (χ4v) is 3.04. The topological polar surface area (TPSA) is 69.6 Å². The van der Waals surface area contributed by atoms with Gasteiger partial charge in [-0.1, -0.05) is 38.6 Å². The fraction of sp³-hybridized carbons (Fsp3) is 0.500. The van der Waals surface area contributed by atoms with Crippen LogP contribution in [0.1, 0.15) is 42.6 Å². The van der Waals surface area contributed by atoms with Crippen molar-refractivity contribution in [1.82, 2.24) is 10.2 Å². The lowest BCUT2D eigenvalue weighted by Gasteiger charge is -2.36. The van der Waals surface area contributed by atoms with Crippen molar-refractivity contribution in [3.05, 3.63) is 42.0 Å². The minimum absolute atomic E-state index is 0.0108. The molecule has 0 bridgehead atoms. The lowest BCUT2D eigenvalue weighted by Crippen LogP contribution is -2.49. The Morgan fingerprint density at radius 1 is 1.36 bits per heavy atom. The molecule has 0 saturated carbocycles. The molecule has 2 amide bonds. The molecule has 1 fully saturated rings. The van der Waals surface area contributed by atoms with E-state index in [9.17, 15) is 14.7 Å². The number of benzene rings is 1. The summed E-state index contributed by atoms with van der Waals surface area (Å²) in [6.45, 7) is 9.05. The zero-order chi connectivity index (χ0) is 18.4. The van der Waals surface area contributed by atoms with Gasteiger partial charge in [-0.3, -0.25) is 9.59 Å². The van der Waals surface area contributed by atoms with Crippen molar-refractivity contribution in [3.8, 4) is 0 Å². The average Bonchev–Trinajstić information content (AvgIpc) is 2.59. The van der Waals surface area contributed by atoms with E-state index in [-0.39, 0.29) is 17.7 Å². The van der Waals surface area contributed by atoms with Gasteiger partial charge >= 0.3 is 0 Å². The van der Waals surface area contributed by atoms with E-state index in [4.69, 9.17) is 0 Å². The quantitative estimate of drug-likeness (QED) is 0.832. The Kier molecular flexibility index (Phi) is 6.76. The van der Waals surface area contributed by atoms with Crippen molar-refractivity contribution in [3.63, 3.8) is 0 Å². The third kappa shape index (κ3) is 5.43. The SMILES string of the molecule is C=Cc1ccc(C(=O)N2CC[C@@H](CNC(=O)CC(C)C)[C@H](O)C2)cc1. The molecule has 2 atom stereocenters. The summed E-state index contributed by atoms with van der Waals surface area (Å²) in [4.78, 5) is 26.0. The van der Waals surface area contributed by atoms with Crippen LogP contribution in [0.2, 0.25) is 0 Å². The van der Waals surface area contributed by atoms with Crippen LogP contribution < -0.4 is 5.32 Å². The van der Waals surface area contributed by atoms with Gasteiger partial charge in [-0.25, -0.2) is 0 Å². The summed E-state index contributed by atoms with van der Waals surface area (Å²) in [5, 5.41) is 13.2. The molecule has 1 aliphatic heterocycles. The van der Waals surface area contributed by atoms with Gasteiger partial charge in [0.05, 0.1) is 6.10 Å². The van der Waals surface area contributed by atoms with E-state index >= 15 is 0 Å². The van der Waals surface area contributed by atoms with Crippen LogP contribution >= 0.6 is 0 Å². The smallest absolute Gasteiger partial charge is 0.253 e. The number of β-amino-alcohol motifs (C(OH)–C–C–N with tert-alkyl or cyclic N) is 1. The Bertz CT molecular complexity index is 610. The van der Waals surface area contributed by atoms with Crippen LogP contribution in [0.4, 0.5) is 0 Å². The van der Waals surface area contributed by atoms with Crippen LogP contribution in [-0.4, -0.2) is 47.6 Å². The number of rotatable bonds is 6. The maximum absolute atomic E-state index is 12.6. The number of carbonyl (C=O) groups is 2. The average molecular weight is 344 g/mol. The van der Waals surface area contributed by atoms with Crippen molar-refractivity contribution in [1.29, 1.82) is 0 Å². The molecule has 1 heterocycles. The monoisotopic (exact) mass is 344 g/mol. The van der Waals surface area contributed by atoms with Crippen LogP contribution in [0.15, 0.2) is 30.8 Å². The standard InChI is InChI=1S/C20H28N2O3/c1-4-15-5-7-16(8-6-15)20(25)22-10-9-17(18(23)13-22)12-21-19(24)11-14(2)3/h4-8,14,17-18,23H,1,9-13H2,2-3H3,(H,21,24)/t17-,18+/m0/s1. The third-order valence-electron chi connectivity index (χ3n) is 4.56. The maximum Gasteiger partial charge on any atom is 0.253 e. The number of aliphatic hydroxyl groups is 1. The van der Waals surface area contributed by atoms with Gasteiger partial charge in [-0.05, 0) is 30.0 Å². The third-order valence-corrected chi connectivity index (χ3v) is 4.56. The number of aliphatic hydroxyl groups excluding tert-OH is 1. The van der Waals surface area contributed by atoms with E-state index in [0.717, 1.165) is 5.56 Å². The lowest BCUT2D eigenvalue weighted by atomic mass is 9.93. The van der Waals surface area contributed by atoms with E-state index in [0.29, 0.717) is 44.0 Å². The zero-order valence-electron chi connectivity index (χ0n) is 15.1. The molecule has 1 aromatic rings. The Balaban J connectivity index is 1.86. The van der Waals surface area contributed by atoms with E-state index in [1.165, 1.54) is 0 Å². The predicted octanol–water partition coefficient (Wildman–Crippen LogP) is 2.31. The van der Waals surface area contributed by atoms with Crippen molar-refractivity contribution >= 4 is 17.9 Å². The van der Waals surface area contributed by atoms with Gasteiger partial charge in [0.25, 0.3) is 5.91 Å². The molecule has 2 N–H and O–H groups in total. The molecule has 5 heteroatoms. The summed E-state index contributed by atoms with van der Waals surface area (Å²) in [6, 6.07) is 7.27. The molecule has 136 valence electrons. The molecule has 25 heavy (non-hydrogen) atoms. The van der Waals surface area contributed by atoms with Crippen molar-refractivity contribution in [2.24, 2.45) is 11.8 Å². The van der Waals surface area contributed by atoms with Gasteiger partial charge in [-0.2, -0.15) is 0 Å². The molecule has 5 nitrogen and oxygen atoms in total. The second-order valence-corrected chi connectivity index (χ2v) is 7.10. The minimum Gasteiger partial charge on any atom is -0.391 e. The number of carbonyl (C=O) groups excluding carboxylic acids is 2. The van der Waals surface area contributed by atoms with Crippen molar-refractivity contribution < 1.29 is 14.7 Å². The number of nitrogens with one attached hydrogen (secondary N) is 1. The number of hydrogen-bond acceptors (Lipinski definition) is 3. The van der Waals surface area contributed by atoms with Crippen molar-refractivity contribution in [2.45, 2.75) is 32.8 Å². The summed E-state index contributed by atoms with van der Waals surface area (Å²) in [7, 11) is 0. The highest BCUT2D eigenvalue weighted by molar-refractivity contribution is 5.94. The predicted molar refractivity (Wildman–Crippen MR) is 99.0 cm³/mol. The first-order valence-electron chi connectivity index (χ1n) is 8.87. The first kappa shape index (κ1) is 19.2. The Hall–Kier alpha value is -2.14. The summed E-state index contributed by atoms with van der Waals surface area (Å²) in [5.74, 6) is 0.250. The highest BCUT2D eigenvalue weighted by Gasteiger charge is 2.30. The number of amides is 2. The van der Waals surface area contributed by atoms with Gasteiger partial charge in [0, 0.05) is 37.5 Å². The molecule has 1 aromatic carbocycles. The molecule has 0 aromatic heterocycles. The van der Waals surface area contributed by atoms with Gasteiger partial charge in [0.1, 0.15) is 0 Å². The molecule has 1 saturated heterocycles.